The number of pyridine rings is 8. The van der Waals surface area contributed by atoms with Gasteiger partial charge < -0.3 is 25.0 Å². The smallest absolute Gasteiger partial charge is 0.412 e. The predicted molar refractivity (Wildman–Crippen MR) is 412 cm³/mol. The summed E-state index contributed by atoms with van der Waals surface area (Å²) in [5.41, 5.74) is 9.55. The van der Waals surface area contributed by atoms with E-state index in [4.69, 9.17) is 0 Å². The molecular weight excluding hydrogens is 1460 g/mol. The molecule has 4 amide bonds. The number of hydrogen-bond donors (Lipinski definition) is 4. The second-order valence-electron chi connectivity index (χ2n) is 25.5. The van der Waals surface area contributed by atoms with Crippen LogP contribution in [0, 0.1) is 19.8 Å². The maximum atomic E-state index is 12.9. The zero-order valence-electron chi connectivity index (χ0n) is 60.7. The minimum absolute atomic E-state index is 0.00237. The van der Waals surface area contributed by atoms with E-state index >= 15 is 0 Å². The number of nitrogens with zero attached hydrogens (tertiary/aromatic N) is 13. The van der Waals surface area contributed by atoms with E-state index in [0.717, 1.165) is 66.1 Å². The first-order valence-electron chi connectivity index (χ1n) is 33.3. The van der Waals surface area contributed by atoms with Crippen molar-refractivity contribution in [3.8, 4) is 44.5 Å². The molecule has 12 aromatic rings. The van der Waals surface area contributed by atoms with E-state index in [-0.39, 0.29) is 34.5 Å². The Labute approximate surface area is 618 Å². The molecule has 1 aliphatic carbocycles. The average molecular weight is 1530 g/mol. The number of fused-ring (bicyclic) bond motifs is 4. The second kappa shape index (κ2) is 32.0. The molecule has 0 saturated heterocycles. The fraction of sp³-hybridized carbons (Fsp3) is 0.278. The highest BCUT2D eigenvalue weighted by atomic mass is 32.2. The van der Waals surface area contributed by atoms with Gasteiger partial charge in [-0.2, -0.15) is 0 Å². The van der Waals surface area contributed by atoms with Gasteiger partial charge in [0.2, 0.25) is 51.9 Å². The van der Waals surface area contributed by atoms with Crippen LogP contribution in [0.3, 0.4) is 0 Å². The van der Waals surface area contributed by atoms with Gasteiger partial charge in [0, 0.05) is 146 Å². The highest BCUT2D eigenvalue weighted by molar-refractivity contribution is 7.91. The molecule has 35 heteroatoms. The maximum Gasteiger partial charge on any atom is 0.412 e. The van der Waals surface area contributed by atoms with Crippen molar-refractivity contribution in [2.45, 2.75) is 85.7 Å². The Morgan fingerprint density at radius 2 is 0.879 bits per heavy atom. The van der Waals surface area contributed by atoms with Gasteiger partial charge in [0.25, 0.3) is 0 Å². The highest BCUT2D eigenvalue weighted by Gasteiger charge is 2.38. The van der Waals surface area contributed by atoms with Gasteiger partial charge in [0.15, 0.2) is 5.82 Å². The SMILES string of the molecule is CC(=O)Nc1cc(-c2cnc(N(C)C)c3c2ccn3S(=O)(=O)C2CC2)ccn1.CCS(=O)(=O)n1ccc2c(-c3ccnc(NC(C)=O)c3)cnc(C)c21.COC(=O)Nc1cc(-c2cnc(C)c3c2ccn3S(=O)(=O)CC(C)C)ccn1.COC(=O)Nc1cc(-c2cncc3c2ccn3S(=O)(=O)C(C)C)ccn1. The Hall–Kier alpha value is -11.6. The number of hydrogen-bond acceptors (Lipinski definition) is 23. The van der Waals surface area contributed by atoms with Crippen LogP contribution in [0.5, 0.6) is 0 Å². The molecule has 107 heavy (non-hydrogen) atoms. The number of aromatic nitrogens is 12. The summed E-state index contributed by atoms with van der Waals surface area (Å²) in [6.45, 7) is 15.0. The van der Waals surface area contributed by atoms with Crippen LogP contribution in [-0.2, 0) is 59.2 Å². The Kier molecular flexibility index (Phi) is 23.4. The number of rotatable bonds is 18. The summed E-state index contributed by atoms with van der Waals surface area (Å²) in [5, 5.41) is 12.5. The molecular formula is C72H79N17O14S4. The van der Waals surface area contributed by atoms with Gasteiger partial charge >= 0.3 is 12.2 Å². The largest absolute Gasteiger partial charge is 0.453 e. The predicted octanol–water partition coefficient (Wildman–Crippen LogP) is 11.3. The van der Waals surface area contributed by atoms with Gasteiger partial charge in [0.05, 0.1) is 70.4 Å². The first-order valence-corrected chi connectivity index (χ1v) is 39.5. The molecule has 12 heterocycles. The number of ether oxygens (including phenoxy) is 2. The van der Waals surface area contributed by atoms with Crippen molar-refractivity contribution in [1.82, 2.24) is 55.8 Å². The van der Waals surface area contributed by atoms with E-state index < -0.39 is 57.5 Å². The topological polar surface area (TPSA) is 397 Å². The number of amides is 4. The number of anilines is 5. The third-order valence-electron chi connectivity index (χ3n) is 16.7. The summed E-state index contributed by atoms with van der Waals surface area (Å²) in [4.78, 5) is 81.1. The lowest BCUT2D eigenvalue weighted by molar-refractivity contribution is -0.115. The van der Waals surface area contributed by atoms with Gasteiger partial charge in [-0.3, -0.25) is 35.2 Å². The fourth-order valence-electron chi connectivity index (χ4n) is 11.6. The van der Waals surface area contributed by atoms with Crippen LogP contribution < -0.4 is 26.2 Å². The van der Waals surface area contributed by atoms with E-state index in [9.17, 15) is 52.8 Å². The van der Waals surface area contributed by atoms with Crippen LogP contribution in [-0.4, -0.2) is 164 Å². The van der Waals surface area contributed by atoms with Gasteiger partial charge in [-0.05, 0) is 148 Å². The minimum Gasteiger partial charge on any atom is -0.453 e. The molecule has 0 unspecified atom stereocenters. The van der Waals surface area contributed by atoms with Crippen molar-refractivity contribution in [3.05, 3.63) is 165 Å². The number of nitrogens with one attached hydrogen (secondary N) is 4. The van der Waals surface area contributed by atoms with Crippen LogP contribution in [0.2, 0.25) is 0 Å². The highest BCUT2D eigenvalue weighted by Crippen LogP contribution is 2.40. The average Bonchev–Trinajstić information content (AvgIpc) is 1.61. The van der Waals surface area contributed by atoms with Crippen molar-refractivity contribution < 1.29 is 62.3 Å². The number of aryl methyl sites for hydroxylation is 2. The summed E-state index contributed by atoms with van der Waals surface area (Å²) >= 11 is 0. The third-order valence-corrected chi connectivity index (χ3v) is 24.6. The van der Waals surface area contributed by atoms with E-state index in [2.05, 4.69) is 70.6 Å². The van der Waals surface area contributed by atoms with Gasteiger partial charge in [0.1, 0.15) is 28.8 Å². The molecule has 1 saturated carbocycles. The summed E-state index contributed by atoms with van der Waals surface area (Å²) in [6, 6.07) is 21.0. The summed E-state index contributed by atoms with van der Waals surface area (Å²) in [5.74, 6) is 1.72. The zero-order chi connectivity index (χ0) is 77.6. The van der Waals surface area contributed by atoms with E-state index in [0.29, 0.717) is 75.4 Å². The quantitative estimate of drug-likeness (QED) is 0.0620. The molecule has 0 atom stereocenters. The second-order valence-corrected chi connectivity index (χ2v) is 34.0. The summed E-state index contributed by atoms with van der Waals surface area (Å²) in [6.07, 6.45) is 21.0. The fourth-order valence-corrected chi connectivity index (χ4v) is 17.2. The summed E-state index contributed by atoms with van der Waals surface area (Å²) in [7, 11) is -7.65. The summed E-state index contributed by atoms with van der Waals surface area (Å²) < 4.78 is 115. The molecule has 0 aromatic carbocycles. The minimum atomic E-state index is -3.50. The molecule has 0 radical (unpaired) electrons. The Balaban J connectivity index is 0.000000153. The molecule has 0 spiro atoms. The normalized spacial score (nSPS) is 12.4. The van der Waals surface area contributed by atoms with Gasteiger partial charge in [-0.1, -0.05) is 13.8 Å². The molecule has 4 N–H and O–H groups in total. The Morgan fingerprint density at radius 3 is 1.27 bits per heavy atom. The number of methoxy groups -OCH3 is 2. The lowest BCUT2D eigenvalue weighted by atomic mass is 10.0. The molecule has 1 fully saturated rings. The van der Waals surface area contributed by atoms with Crippen molar-refractivity contribution in [1.29, 1.82) is 0 Å². The first kappa shape index (κ1) is 78.0. The van der Waals surface area contributed by atoms with Crippen LogP contribution in [0.1, 0.15) is 72.7 Å². The Bertz CT molecular complexity index is 5890. The molecule has 0 aliphatic heterocycles. The van der Waals surface area contributed by atoms with Gasteiger partial charge in [-0.15, -0.1) is 0 Å². The van der Waals surface area contributed by atoms with E-state index in [1.165, 1.54) is 56.4 Å². The number of carbonyl (C=O) groups excluding carboxylic acids is 4. The molecule has 0 bridgehead atoms. The first-order chi connectivity index (χ1) is 50.7. The van der Waals surface area contributed by atoms with Crippen LogP contribution >= 0.6 is 0 Å². The maximum absolute atomic E-state index is 12.9. The van der Waals surface area contributed by atoms with Crippen LogP contribution in [0.4, 0.5) is 38.7 Å². The molecule has 12 aromatic heterocycles. The number of carbonyl (C=O) groups is 4. The lowest BCUT2D eigenvalue weighted by Gasteiger charge is -2.17. The van der Waals surface area contributed by atoms with Crippen molar-refractivity contribution in [2.24, 2.45) is 5.92 Å². The van der Waals surface area contributed by atoms with Crippen molar-refractivity contribution >= 4 is 137 Å². The van der Waals surface area contributed by atoms with Crippen LogP contribution in [0.15, 0.2) is 153 Å². The standard InChI is InChI=1S/C19H21N5O3S.C19H22N4O4S.C17H18N4O4S.C17H18N4O3S/c1-12(25)22-17-10-13(6-8-20-17)16-11-21-19(23(2)3)18-15(16)7-9-24(18)28(26,27)14-4-5-14;1-12(2)11-28(25,26)23-8-6-15-16(10-21-13(3)18(15)23)14-5-7-20-17(9-14)22-19(24)27-4;1-11(2)26(23,24)21-7-5-13-14(9-18-10-15(13)21)12-4-6-19-16(8-12)20-17(22)25-3;1-4-25(23,24)21-8-6-14-15(10-19-11(2)17(14)21)13-5-7-18-16(9-13)20-12(3)22/h6-11,14H,4-5H2,1-3H3,(H,20,22,25);5-10,12H,11H2,1-4H3,(H,20,22,24);4-11H,1-3H3,(H,19,20,22);5-10H,4H2,1-3H3,(H,18,20,22). The van der Waals surface area contributed by atoms with Crippen LogP contribution in [0.25, 0.3) is 88.1 Å². The molecule has 1 aliphatic rings. The van der Waals surface area contributed by atoms with Gasteiger partial charge in [-0.25, -0.2) is 84.1 Å². The van der Waals surface area contributed by atoms with E-state index in [1.54, 1.807) is 174 Å². The molecule has 560 valence electrons. The van der Waals surface area contributed by atoms with Crippen molar-refractivity contribution in [2.75, 3.05) is 66.0 Å². The monoisotopic (exact) mass is 1530 g/mol. The molecule has 13 rings (SSSR count). The zero-order valence-corrected chi connectivity index (χ0v) is 63.9. The van der Waals surface area contributed by atoms with E-state index in [1.807, 2.05) is 34.0 Å². The third kappa shape index (κ3) is 17.2. The molecule has 31 nitrogen and oxygen atoms in total. The van der Waals surface area contributed by atoms with Crippen molar-refractivity contribution in [3.63, 3.8) is 0 Å². The lowest BCUT2D eigenvalue weighted by Crippen LogP contribution is -2.21. The Morgan fingerprint density at radius 1 is 0.495 bits per heavy atom.